The van der Waals surface area contributed by atoms with E-state index in [1.807, 2.05) is 34.6 Å². The van der Waals surface area contributed by atoms with Gasteiger partial charge in [0, 0.05) is 13.1 Å². The Kier molecular flexibility index (Phi) is 4.77. The molecule has 0 aromatic rings. The van der Waals surface area contributed by atoms with Crippen molar-refractivity contribution in [2.45, 2.75) is 53.1 Å². The van der Waals surface area contributed by atoms with Crippen molar-refractivity contribution in [3.05, 3.63) is 0 Å². The second-order valence-electron chi connectivity index (χ2n) is 6.29. The lowest BCUT2D eigenvalue weighted by molar-refractivity contribution is -0.166. The van der Waals surface area contributed by atoms with Crippen molar-refractivity contribution in [1.82, 2.24) is 4.90 Å². The summed E-state index contributed by atoms with van der Waals surface area (Å²) < 4.78 is 5.36. The molecule has 0 aliphatic carbocycles. The summed E-state index contributed by atoms with van der Waals surface area (Å²) in [4.78, 5) is 26.3. The van der Waals surface area contributed by atoms with Crippen molar-refractivity contribution < 1.29 is 14.3 Å². The van der Waals surface area contributed by atoms with Crippen LogP contribution in [0, 0.1) is 11.8 Å². The minimum Gasteiger partial charge on any atom is -0.459 e. The number of likely N-dealkylation sites (tertiary alicyclic amines) is 1. The molecule has 0 aromatic heterocycles. The molecule has 1 heterocycles. The number of hydrogen-bond donors (Lipinski definition) is 0. The van der Waals surface area contributed by atoms with Gasteiger partial charge in [-0.2, -0.15) is 0 Å². The molecule has 1 saturated heterocycles. The highest BCUT2D eigenvalue weighted by Crippen LogP contribution is 2.22. The molecule has 4 heteroatoms. The fourth-order valence-electron chi connectivity index (χ4n) is 2.16. The van der Waals surface area contributed by atoms with Crippen molar-refractivity contribution in [2.24, 2.45) is 11.8 Å². The summed E-state index contributed by atoms with van der Waals surface area (Å²) in [6, 6.07) is 0. The largest absolute Gasteiger partial charge is 0.459 e. The molecule has 0 N–H and O–H groups in total. The van der Waals surface area contributed by atoms with Gasteiger partial charge in [0.2, 0.25) is 5.91 Å². The Morgan fingerprint density at radius 2 is 1.61 bits per heavy atom. The molecule has 0 saturated carbocycles. The molecule has 104 valence electrons. The molecule has 1 rings (SSSR count). The maximum atomic E-state index is 12.3. The van der Waals surface area contributed by atoms with E-state index in [4.69, 9.17) is 4.74 Å². The lowest BCUT2D eigenvalue weighted by Gasteiger charge is -2.28. The van der Waals surface area contributed by atoms with Crippen molar-refractivity contribution in [3.8, 4) is 0 Å². The Morgan fingerprint density at radius 1 is 1.11 bits per heavy atom. The lowest BCUT2D eigenvalue weighted by atomic mass is 9.94. The van der Waals surface area contributed by atoms with Gasteiger partial charge in [0.1, 0.15) is 11.5 Å². The predicted molar refractivity (Wildman–Crippen MR) is 70.0 cm³/mol. The van der Waals surface area contributed by atoms with Gasteiger partial charge in [-0.3, -0.25) is 9.59 Å². The minimum absolute atomic E-state index is 0.0343. The second kappa shape index (κ2) is 5.72. The van der Waals surface area contributed by atoms with Gasteiger partial charge in [0.05, 0.1) is 0 Å². The molecule has 1 atom stereocenters. The fourth-order valence-corrected chi connectivity index (χ4v) is 2.16. The Labute approximate surface area is 110 Å². The number of esters is 1. The van der Waals surface area contributed by atoms with E-state index in [-0.39, 0.29) is 11.8 Å². The third-order valence-electron chi connectivity index (χ3n) is 3.01. The summed E-state index contributed by atoms with van der Waals surface area (Å²) in [5.41, 5.74) is -0.546. The molecule has 0 unspecified atom stereocenters. The van der Waals surface area contributed by atoms with E-state index in [9.17, 15) is 9.59 Å². The fraction of sp³-hybridized carbons (Fsp3) is 0.857. The van der Waals surface area contributed by atoms with Crippen LogP contribution in [0.4, 0.5) is 0 Å². The maximum absolute atomic E-state index is 12.3. The van der Waals surface area contributed by atoms with Crippen LogP contribution in [-0.2, 0) is 14.3 Å². The minimum atomic E-state index is -0.665. The standard InChI is InChI=1S/C14H25NO3/c1-10(2)11(13(17)18-14(3,4)5)12(16)15-8-6-7-9-15/h10-11H,6-9H2,1-5H3/t11-/m1/s1. The van der Waals surface area contributed by atoms with Crippen LogP contribution >= 0.6 is 0 Å². The smallest absolute Gasteiger partial charge is 0.319 e. The van der Waals surface area contributed by atoms with E-state index in [0.29, 0.717) is 0 Å². The van der Waals surface area contributed by atoms with E-state index in [1.54, 1.807) is 4.90 Å². The third kappa shape index (κ3) is 4.00. The van der Waals surface area contributed by atoms with Gasteiger partial charge in [-0.25, -0.2) is 0 Å². The van der Waals surface area contributed by atoms with Gasteiger partial charge in [0.25, 0.3) is 0 Å². The molecule has 0 aromatic carbocycles. The van der Waals surface area contributed by atoms with Gasteiger partial charge in [-0.1, -0.05) is 13.8 Å². The molecule has 1 amide bonds. The first-order valence-corrected chi connectivity index (χ1v) is 6.74. The summed E-state index contributed by atoms with van der Waals surface area (Å²) in [5, 5.41) is 0. The summed E-state index contributed by atoms with van der Waals surface area (Å²) >= 11 is 0. The number of rotatable bonds is 3. The average molecular weight is 255 g/mol. The van der Waals surface area contributed by atoms with Crippen LogP contribution in [0.1, 0.15) is 47.5 Å². The summed E-state index contributed by atoms with van der Waals surface area (Å²) in [5.74, 6) is -1.17. The van der Waals surface area contributed by atoms with Crippen molar-refractivity contribution in [3.63, 3.8) is 0 Å². The van der Waals surface area contributed by atoms with Gasteiger partial charge < -0.3 is 9.64 Å². The number of carbonyl (C=O) groups excluding carboxylic acids is 2. The van der Waals surface area contributed by atoms with Crippen LogP contribution in [0.5, 0.6) is 0 Å². The van der Waals surface area contributed by atoms with Crippen LogP contribution in [-0.4, -0.2) is 35.5 Å². The zero-order chi connectivity index (χ0) is 13.9. The molecule has 1 aliphatic rings. The van der Waals surface area contributed by atoms with E-state index >= 15 is 0 Å². The van der Waals surface area contributed by atoms with Crippen LogP contribution in [0.3, 0.4) is 0 Å². The molecule has 0 spiro atoms. The maximum Gasteiger partial charge on any atom is 0.319 e. The molecule has 1 aliphatic heterocycles. The van der Waals surface area contributed by atoms with Crippen molar-refractivity contribution >= 4 is 11.9 Å². The van der Waals surface area contributed by atoms with E-state index in [2.05, 4.69) is 0 Å². The Bertz CT molecular complexity index is 311. The highest BCUT2D eigenvalue weighted by molar-refractivity contribution is 5.98. The molecule has 4 nitrogen and oxygen atoms in total. The number of carbonyl (C=O) groups is 2. The van der Waals surface area contributed by atoms with E-state index in [0.717, 1.165) is 25.9 Å². The van der Waals surface area contributed by atoms with Crippen LogP contribution in [0.2, 0.25) is 0 Å². The van der Waals surface area contributed by atoms with Gasteiger partial charge in [-0.05, 0) is 39.5 Å². The molecule has 1 fully saturated rings. The quantitative estimate of drug-likeness (QED) is 0.574. The first-order valence-electron chi connectivity index (χ1n) is 6.74. The zero-order valence-corrected chi connectivity index (χ0v) is 12.2. The van der Waals surface area contributed by atoms with Crippen LogP contribution in [0.15, 0.2) is 0 Å². The van der Waals surface area contributed by atoms with E-state index < -0.39 is 17.5 Å². The summed E-state index contributed by atoms with van der Waals surface area (Å²) in [7, 11) is 0. The molecule has 0 radical (unpaired) electrons. The first-order chi connectivity index (χ1) is 8.22. The molecular formula is C14H25NO3. The average Bonchev–Trinajstić information content (AvgIpc) is 2.65. The van der Waals surface area contributed by atoms with Gasteiger partial charge >= 0.3 is 5.97 Å². The zero-order valence-electron chi connectivity index (χ0n) is 12.2. The molecule has 0 bridgehead atoms. The van der Waals surface area contributed by atoms with Crippen molar-refractivity contribution in [2.75, 3.05) is 13.1 Å². The van der Waals surface area contributed by atoms with Crippen molar-refractivity contribution in [1.29, 1.82) is 0 Å². The topological polar surface area (TPSA) is 46.6 Å². The normalized spacial score (nSPS) is 18.0. The third-order valence-corrected chi connectivity index (χ3v) is 3.01. The van der Waals surface area contributed by atoms with Gasteiger partial charge in [0.15, 0.2) is 0 Å². The lowest BCUT2D eigenvalue weighted by Crippen LogP contribution is -2.43. The Morgan fingerprint density at radius 3 is 2.00 bits per heavy atom. The predicted octanol–water partition coefficient (Wildman–Crippen LogP) is 2.22. The van der Waals surface area contributed by atoms with Crippen LogP contribution < -0.4 is 0 Å². The summed E-state index contributed by atoms with van der Waals surface area (Å²) in [6.45, 7) is 10.8. The monoisotopic (exact) mass is 255 g/mol. The number of nitrogens with zero attached hydrogens (tertiary/aromatic N) is 1. The SMILES string of the molecule is CC(C)[C@@H](C(=O)OC(C)(C)C)C(=O)N1CCCC1. The number of amides is 1. The van der Waals surface area contributed by atoms with Gasteiger partial charge in [-0.15, -0.1) is 0 Å². The second-order valence-corrected chi connectivity index (χ2v) is 6.29. The van der Waals surface area contributed by atoms with E-state index in [1.165, 1.54) is 0 Å². The molecular weight excluding hydrogens is 230 g/mol. The highest BCUT2D eigenvalue weighted by Gasteiger charge is 2.37. The first kappa shape index (κ1) is 15.0. The Balaban J connectivity index is 2.75. The highest BCUT2D eigenvalue weighted by atomic mass is 16.6. The summed E-state index contributed by atoms with van der Waals surface area (Å²) in [6.07, 6.45) is 2.07. The number of hydrogen-bond acceptors (Lipinski definition) is 3. The number of ether oxygens (including phenoxy) is 1. The van der Waals surface area contributed by atoms with Crippen LogP contribution in [0.25, 0.3) is 0 Å². The molecule has 18 heavy (non-hydrogen) atoms. The Hall–Kier alpha value is -1.06.